The van der Waals surface area contributed by atoms with Crippen molar-refractivity contribution in [3.05, 3.63) is 0 Å². The summed E-state index contributed by atoms with van der Waals surface area (Å²) in [6.07, 6.45) is 7.81. The van der Waals surface area contributed by atoms with Gasteiger partial charge >= 0.3 is 0 Å². The molecule has 1 N–H and O–H groups in total. The molecule has 0 aliphatic heterocycles. The first-order valence-electron chi connectivity index (χ1n) is 7.59. The Hall–Kier alpha value is -0.570. The Bertz CT molecular complexity index is 247. The van der Waals surface area contributed by atoms with Gasteiger partial charge in [0.15, 0.2) is 0 Å². The molecular formula is C15H30N2O. The number of nitrogens with one attached hydrogen (secondary N) is 1. The maximum absolute atomic E-state index is 12.0. The summed E-state index contributed by atoms with van der Waals surface area (Å²) in [4.78, 5) is 13.8. The molecule has 1 rings (SSSR count). The minimum absolute atomic E-state index is 0.0392. The molecule has 0 saturated heterocycles. The lowest BCUT2D eigenvalue weighted by Gasteiger charge is -2.31. The van der Waals surface area contributed by atoms with Crippen LogP contribution in [-0.4, -0.2) is 36.5 Å². The molecule has 0 aromatic carbocycles. The molecule has 0 radical (unpaired) electrons. The molecule has 1 amide bonds. The van der Waals surface area contributed by atoms with Gasteiger partial charge in [-0.1, -0.05) is 19.8 Å². The Morgan fingerprint density at radius 2 is 1.89 bits per heavy atom. The number of amides is 1. The van der Waals surface area contributed by atoms with Crippen LogP contribution in [0.3, 0.4) is 0 Å². The molecule has 0 bridgehead atoms. The predicted molar refractivity (Wildman–Crippen MR) is 76.6 cm³/mol. The van der Waals surface area contributed by atoms with Crippen LogP contribution in [0.25, 0.3) is 0 Å². The van der Waals surface area contributed by atoms with Crippen molar-refractivity contribution in [3.8, 4) is 0 Å². The van der Waals surface area contributed by atoms with Gasteiger partial charge in [-0.05, 0) is 45.4 Å². The maximum Gasteiger partial charge on any atom is 0.239 e. The molecule has 1 aliphatic carbocycles. The highest BCUT2D eigenvalue weighted by Gasteiger charge is 2.24. The van der Waals surface area contributed by atoms with Crippen molar-refractivity contribution < 1.29 is 4.79 Å². The molecule has 1 unspecified atom stereocenters. The van der Waals surface area contributed by atoms with Gasteiger partial charge in [0.25, 0.3) is 0 Å². The molecular weight excluding hydrogens is 224 g/mol. The van der Waals surface area contributed by atoms with Gasteiger partial charge in [-0.15, -0.1) is 0 Å². The molecule has 3 nitrogen and oxygen atoms in total. The topological polar surface area (TPSA) is 32.3 Å². The number of carbonyl (C=O) groups is 1. The molecule has 0 spiro atoms. The van der Waals surface area contributed by atoms with Gasteiger partial charge in [0.2, 0.25) is 5.91 Å². The molecule has 1 saturated carbocycles. The fourth-order valence-corrected chi connectivity index (χ4v) is 2.94. The maximum atomic E-state index is 12.0. The Morgan fingerprint density at radius 3 is 2.39 bits per heavy atom. The van der Waals surface area contributed by atoms with Gasteiger partial charge in [0.05, 0.1) is 6.04 Å². The highest BCUT2D eigenvalue weighted by molar-refractivity contribution is 5.81. The molecule has 106 valence electrons. The first-order chi connectivity index (χ1) is 8.58. The number of hydrogen-bond acceptors (Lipinski definition) is 2. The van der Waals surface area contributed by atoms with Crippen LogP contribution in [0.1, 0.15) is 59.3 Å². The molecule has 0 heterocycles. The minimum Gasteiger partial charge on any atom is -0.345 e. The van der Waals surface area contributed by atoms with Crippen LogP contribution in [0, 0.1) is 5.92 Å². The van der Waals surface area contributed by atoms with E-state index in [4.69, 9.17) is 0 Å². The van der Waals surface area contributed by atoms with E-state index < -0.39 is 0 Å². The number of likely N-dealkylation sites (N-methyl/N-ethyl adjacent to an activating group) is 1. The smallest absolute Gasteiger partial charge is 0.239 e. The van der Waals surface area contributed by atoms with Crippen LogP contribution in [-0.2, 0) is 4.79 Å². The first kappa shape index (κ1) is 15.5. The van der Waals surface area contributed by atoms with Crippen LogP contribution in [0.15, 0.2) is 0 Å². The van der Waals surface area contributed by atoms with E-state index in [1.807, 2.05) is 20.9 Å². The summed E-state index contributed by atoms with van der Waals surface area (Å²) in [6, 6.07) is 0.505. The zero-order chi connectivity index (χ0) is 13.5. The van der Waals surface area contributed by atoms with Gasteiger partial charge in [0.1, 0.15) is 0 Å². The Morgan fingerprint density at radius 1 is 1.28 bits per heavy atom. The second-order valence-corrected chi connectivity index (χ2v) is 5.75. The van der Waals surface area contributed by atoms with Crippen LogP contribution in [0.5, 0.6) is 0 Å². The average Bonchev–Trinajstić information content (AvgIpc) is 2.39. The largest absolute Gasteiger partial charge is 0.345 e. The molecule has 3 heteroatoms. The summed E-state index contributed by atoms with van der Waals surface area (Å²) >= 11 is 0. The van der Waals surface area contributed by atoms with Gasteiger partial charge < -0.3 is 10.2 Å². The van der Waals surface area contributed by atoms with E-state index in [-0.39, 0.29) is 11.9 Å². The van der Waals surface area contributed by atoms with Crippen LogP contribution >= 0.6 is 0 Å². The predicted octanol–water partition coefficient (Wildman–Crippen LogP) is 2.80. The molecule has 0 aromatic rings. The second kappa shape index (κ2) is 7.78. The van der Waals surface area contributed by atoms with E-state index in [0.717, 1.165) is 12.5 Å². The van der Waals surface area contributed by atoms with Crippen LogP contribution in [0.4, 0.5) is 0 Å². The lowest BCUT2D eigenvalue weighted by molar-refractivity contribution is -0.131. The monoisotopic (exact) mass is 254 g/mol. The van der Waals surface area contributed by atoms with Crippen molar-refractivity contribution in [1.82, 2.24) is 10.2 Å². The summed E-state index contributed by atoms with van der Waals surface area (Å²) in [5.74, 6) is 1.14. The molecule has 0 aromatic heterocycles. The summed E-state index contributed by atoms with van der Waals surface area (Å²) in [6.45, 7) is 7.06. The lowest BCUT2D eigenvalue weighted by Crippen LogP contribution is -2.48. The molecule has 1 fully saturated rings. The molecule has 1 aliphatic rings. The summed E-state index contributed by atoms with van der Waals surface area (Å²) in [5.41, 5.74) is 0. The summed E-state index contributed by atoms with van der Waals surface area (Å²) in [5, 5.41) is 3.51. The third-order valence-corrected chi connectivity index (χ3v) is 4.25. The molecule has 1 atom stereocenters. The van der Waals surface area contributed by atoms with Crippen LogP contribution in [0.2, 0.25) is 0 Å². The quantitative estimate of drug-likeness (QED) is 0.790. The van der Waals surface area contributed by atoms with Gasteiger partial charge in [-0.25, -0.2) is 0 Å². The third-order valence-electron chi connectivity index (χ3n) is 4.25. The highest BCUT2D eigenvalue weighted by Crippen LogP contribution is 2.27. The standard InChI is InChI=1S/C15H30N2O/c1-5-7-13-8-10-14(11-9-13)16-12(3)15(18)17(4)6-2/h12-14,16H,5-11H2,1-4H3. The zero-order valence-corrected chi connectivity index (χ0v) is 12.5. The SMILES string of the molecule is CCCC1CCC(NC(C)C(=O)N(C)CC)CC1. The normalized spacial score (nSPS) is 25.8. The van der Waals surface area contributed by atoms with Crippen LogP contribution < -0.4 is 5.32 Å². The van der Waals surface area contributed by atoms with E-state index in [9.17, 15) is 4.79 Å². The van der Waals surface area contributed by atoms with Gasteiger partial charge in [0, 0.05) is 19.6 Å². The van der Waals surface area contributed by atoms with E-state index >= 15 is 0 Å². The van der Waals surface area contributed by atoms with Crippen molar-refractivity contribution in [2.24, 2.45) is 5.92 Å². The second-order valence-electron chi connectivity index (χ2n) is 5.75. The van der Waals surface area contributed by atoms with Gasteiger partial charge in [-0.2, -0.15) is 0 Å². The van der Waals surface area contributed by atoms with Crippen molar-refractivity contribution in [3.63, 3.8) is 0 Å². The summed E-state index contributed by atoms with van der Waals surface area (Å²) < 4.78 is 0. The van der Waals surface area contributed by atoms with E-state index in [1.165, 1.54) is 38.5 Å². The Labute approximate surface area is 112 Å². The van der Waals surface area contributed by atoms with Crippen molar-refractivity contribution in [2.45, 2.75) is 71.4 Å². The zero-order valence-electron chi connectivity index (χ0n) is 12.5. The first-order valence-corrected chi connectivity index (χ1v) is 7.59. The number of hydrogen-bond donors (Lipinski definition) is 1. The number of nitrogens with zero attached hydrogens (tertiary/aromatic N) is 1. The lowest BCUT2D eigenvalue weighted by atomic mass is 9.83. The number of rotatable bonds is 6. The Balaban J connectivity index is 2.30. The Kier molecular flexibility index (Phi) is 6.69. The molecule has 18 heavy (non-hydrogen) atoms. The van der Waals surface area contributed by atoms with Crippen molar-refractivity contribution in [1.29, 1.82) is 0 Å². The fraction of sp³-hybridized carbons (Fsp3) is 0.933. The average molecular weight is 254 g/mol. The van der Waals surface area contributed by atoms with E-state index in [1.54, 1.807) is 4.90 Å². The highest BCUT2D eigenvalue weighted by atomic mass is 16.2. The van der Waals surface area contributed by atoms with Crippen molar-refractivity contribution >= 4 is 5.91 Å². The summed E-state index contributed by atoms with van der Waals surface area (Å²) in [7, 11) is 1.87. The van der Waals surface area contributed by atoms with E-state index in [2.05, 4.69) is 12.2 Å². The number of carbonyl (C=O) groups excluding carboxylic acids is 1. The van der Waals surface area contributed by atoms with Gasteiger partial charge in [-0.3, -0.25) is 4.79 Å². The third kappa shape index (κ3) is 4.60. The van der Waals surface area contributed by atoms with E-state index in [0.29, 0.717) is 6.04 Å². The fourth-order valence-electron chi connectivity index (χ4n) is 2.94. The minimum atomic E-state index is -0.0392. The van der Waals surface area contributed by atoms with Crippen molar-refractivity contribution in [2.75, 3.05) is 13.6 Å².